The van der Waals surface area contributed by atoms with E-state index in [1.54, 1.807) is 18.7 Å². The monoisotopic (exact) mass is 307 g/mol. The number of carbonyl (C=O) groups excluding carboxylic acids is 1. The van der Waals surface area contributed by atoms with Gasteiger partial charge in [0.1, 0.15) is 18.8 Å². The van der Waals surface area contributed by atoms with Crippen LogP contribution in [0.1, 0.15) is 19.4 Å². The Hall–Kier alpha value is -1.63. The van der Waals surface area contributed by atoms with Crippen molar-refractivity contribution >= 4 is 6.09 Å². The van der Waals surface area contributed by atoms with E-state index in [1.807, 2.05) is 30.3 Å². The number of ether oxygens (including phenoxy) is 3. The number of carbonyl (C=O) groups is 1. The van der Waals surface area contributed by atoms with Crippen LogP contribution >= 0.6 is 0 Å². The predicted molar refractivity (Wildman–Crippen MR) is 78.0 cm³/mol. The average Bonchev–Trinajstić information content (AvgIpc) is 2.84. The zero-order chi connectivity index (χ0) is 15.7. The number of amides is 1. The summed E-state index contributed by atoms with van der Waals surface area (Å²) in [6, 6.07) is 9.35. The number of hydrogen-bond acceptors (Lipinski definition) is 5. The van der Waals surface area contributed by atoms with Crippen LogP contribution in [0.3, 0.4) is 0 Å². The Kier molecular flexibility index (Phi) is 4.08. The van der Waals surface area contributed by atoms with E-state index < -0.39 is 18.0 Å². The van der Waals surface area contributed by atoms with Gasteiger partial charge in [-0.25, -0.2) is 4.79 Å². The largest absolute Gasteiger partial charge is 0.447 e. The third-order valence-corrected chi connectivity index (χ3v) is 3.99. The minimum atomic E-state index is -0.786. The lowest BCUT2D eigenvalue weighted by Gasteiger charge is -2.42. The van der Waals surface area contributed by atoms with Gasteiger partial charge in [0, 0.05) is 6.54 Å². The Morgan fingerprint density at radius 1 is 1.27 bits per heavy atom. The van der Waals surface area contributed by atoms with Crippen molar-refractivity contribution in [2.75, 3.05) is 13.2 Å². The summed E-state index contributed by atoms with van der Waals surface area (Å²) in [5.41, 5.74) is 1.01. The molecule has 2 heterocycles. The van der Waals surface area contributed by atoms with Crippen molar-refractivity contribution in [3.05, 3.63) is 35.9 Å². The summed E-state index contributed by atoms with van der Waals surface area (Å²) in [6.07, 6.45) is -1.70. The van der Waals surface area contributed by atoms with Gasteiger partial charge in [-0.15, -0.1) is 0 Å². The summed E-state index contributed by atoms with van der Waals surface area (Å²) < 4.78 is 16.4. The molecule has 1 aromatic rings. The second-order valence-electron chi connectivity index (χ2n) is 6.12. The Bertz CT molecular complexity index is 533. The van der Waals surface area contributed by atoms with Crippen molar-refractivity contribution in [1.82, 2.24) is 4.90 Å². The predicted octanol–water partition coefficient (Wildman–Crippen LogP) is 1.52. The molecule has 1 amide bonds. The van der Waals surface area contributed by atoms with Crippen molar-refractivity contribution in [3.8, 4) is 0 Å². The molecule has 2 fully saturated rings. The third kappa shape index (κ3) is 3.09. The fourth-order valence-corrected chi connectivity index (χ4v) is 2.86. The van der Waals surface area contributed by atoms with E-state index in [-0.39, 0.29) is 25.3 Å². The molecule has 2 saturated heterocycles. The molecule has 22 heavy (non-hydrogen) atoms. The van der Waals surface area contributed by atoms with Crippen molar-refractivity contribution < 1.29 is 24.1 Å². The molecule has 120 valence electrons. The van der Waals surface area contributed by atoms with E-state index in [1.165, 1.54) is 0 Å². The number of aliphatic hydroxyl groups excluding tert-OH is 1. The molecule has 1 N–H and O–H groups in total. The quantitative estimate of drug-likeness (QED) is 0.917. The van der Waals surface area contributed by atoms with Crippen LogP contribution in [0.4, 0.5) is 4.79 Å². The smallest absolute Gasteiger partial charge is 0.410 e. The minimum Gasteiger partial charge on any atom is -0.447 e. The molecule has 0 aliphatic carbocycles. The molecule has 0 aromatic heterocycles. The Labute approximate surface area is 129 Å². The molecule has 0 unspecified atom stereocenters. The van der Waals surface area contributed by atoms with Gasteiger partial charge in [-0.05, 0) is 19.4 Å². The summed E-state index contributed by atoms with van der Waals surface area (Å²) in [5, 5.41) is 10.2. The summed E-state index contributed by atoms with van der Waals surface area (Å²) in [7, 11) is 0. The molecule has 0 bridgehead atoms. The number of rotatable bonds is 3. The fourth-order valence-electron chi connectivity index (χ4n) is 2.86. The number of cyclic esters (lactones) is 1. The Morgan fingerprint density at radius 2 is 2.00 bits per heavy atom. The van der Waals surface area contributed by atoms with Gasteiger partial charge in [-0.3, -0.25) is 4.90 Å². The van der Waals surface area contributed by atoms with Gasteiger partial charge in [0.2, 0.25) is 0 Å². The third-order valence-electron chi connectivity index (χ3n) is 3.99. The van der Waals surface area contributed by atoms with Crippen molar-refractivity contribution in [2.45, 2.75) is 44.4 Å². The minimum absolute atomic E-state index is 0.182. The van der Waals surface area contributed by atoms with E-state index in [0.717, 1.165) is 5.56 Å². The number of nitrogens with zero attached hydrogens (tertiary/aromatic N) is 1. The topological polar surface area (TPSA) is 68.2 Å². The van der Waals surface area contributed by atoms with E-state index >= 15 is 0 Å². The molecule has 1 aromatic carbocycles. The molecular formula is C16H21NO5. The summed E-state index contributed by atoms with van der Waals surface area (Å²) in [6.45, 7) is 4.42. The fraction of sp³-hybridized carbons (Fsp3) is 0.562. The van der Waals surface area contributed by atoms with Crippen LogP contribution in [0, 0.1) is 0 Å². The summed E-state index contributed by atoms with van der Waals surface area (Å²) >= 11 is 0. The lowest BCUT2D eigenvalue weighted by atomic mass is 10.0. The molecule has 6 heteroatoms. The standard InChI is InChI=1S/C16H21NO5/c1-16(2)21-10-13(18)14(22-16)12-9-20-15(19)17(12)8-11-6-4-3-5-7-11/h3-7,12-14,18H,8-10H2,1-2H3/t12-,13+,14-/m0/s1. The van der Waals surface area contributed by atoms with Crippen LogP contribution in [0.5, 0.6) is 0 Å². The highest BCUT2D eigenvalue weighted by molar-refractivity contribution is 5.70. The molecule has 0 saturated carbocycles. The first-order valence-corrected chi connectivity index (χ1v) is 7.43. The van der Waals surface area contributed by atoms with Crippen molar-refractivity contribution in [1.29, 1.82) is 0 Å². The van der Waals surface area contributed by atoms with Gasteiger partial charge in [0.05, 0.1) is 12.6 Å². The first-order chi connectivity index (χ1) is 10.5. The van der Waals surface area contributed by atoms with E-state index in [9.17, 15) is 9.90 Å². The second kappa shape index (κ2) is 5.87. The van der Waals surface area contributed by atoms with Crippen LogP contribution in [0.2, 0.25) is 0 Å². The second-order valence-corrected chi connectivity index (χ2v) is 6.12. The normalized spacial score (nSPS) is 31.1. The van der Waals surface area contributed by atoms with Crippen LogP contribution in [0.15, 0.2) is 30.3 Å². The van der Waals surface area contributed by atoms with Gasteiger partial charge in [0.25, 0.3) is 0 Å². The Balaban J connectivity index is 1.78. The van der Waals surface area contributed by atoms with Crippen molar-refractivity contribution in [2.24, 2.45) is 0 Å². The van der Waals surface area contributed by atoms with Gasteiger partial charge >= 0.3 is 6.09 Å². The lowest BCUT2D eigenvalue weighted by molar-refractivity contribution is -0.311. The van der Waals surface area contributed by atoms with E-state index in [0.29, 0.717) is 6.54 Å². The van der Waals surface area contributed by atoms with Gasteiger partial charge in [-0.2, -0.15) is 0 Å². The number of aliphatic hydroxyl groups is 1. The van der Waals surface area contributed by atoms with Gasteiger partial charge in [0.15, 0.2) is 5.79 Å². The SMILES string of the molecule is CC1(C)OC[C@@H](O)[C@H]([C@@H]2COC(=O)N2Cc2ccccc2)O1. The number of benzene rings is 1. The van der Waals surface area contributed by atoms with Crippen LogP contribution in [-0.2, 0) is 20.8 Å². The van der Waals surface area contributed by atoms with Crippen LogP contribution < -0.4 is 0 Å². The molecule has 2 aliphatic heterocycles. The zero-order valence-electron chi connectivity index (χ0n) is 12.8. The summed E-state index contributed by atoms with van der Waals surface area (Å²) in [4.78, 5) is 13.7. The average molecular weight is 307 g/mol. The van der Waals surface area contributed by atoms with E-state index in [4.69, 9.17) is 14.2 Å². The van der Waals surface area contributed by atoms with Crippen LogP contribution in [-0.4, -0.2) is 53.4 Å². The van der Waals surface area contributed by atoms with Gasteiger partial charge < -0.3 is 19.3 Å². The van der Waals surface area contributed by atoms with Crippen LogP contribution in [0.25, 0.3) is 0 Å². The molecule has 0 radical (unpaired) electrons. The lowest BCUT2D eigenvalue weighted by Crippen LogP contribution is -2.57. The highest BCUT2D eigenvalue weighted by atomic mass is 16.7. The molecule has 3 rings (SSSR count). The first kappa shape index (κ1) is 15.3. The molecule has 6 nitrogen and oxygen atoms in total. The Morgan fingerprint density at radius 3 is 2.73 bits per heavy atom. The maximum atomic E-state index is 12.0. The molecule has 3 atom stereocenters. The van der Waals surface area contributed by atoms with Crippen molar-refractivity contribution in [3.63, 3.8) is 0 Å². The highest BCUT2D eigenvalue weighted by Crippen LogP contribution is 2.29. The van der Waals surface area contributed by atoms with E-state index in [2.05, 4.69) is 0 Å². The maximum Gasteiger partial charge on any atom is 0.410 e. The summed E-state index contributed by atoms with van der Waals surface area (Å²) in [5.74, 6) is -0.784. The van der Waals surface area contributed by atoms with Gasteiger partial charge in [-0.1, -0.05) is 30.3 Å². The maximum absolute atomic E-state index is 12.0. The zero-order valence-corrected chi connectivity index (χ0v) is 12.8. The molecule has 2 aliphatic rings. The highest BCUT2D eigenvalue weighted by Gasteiger charge is 2.47. The molecular weight excluding hydrogens is 286 g/mol. The first-order valence-electron chi connectivity index (χ1n) is 7.43. The molecule has 0 spiro atoms. The number of hydrogen-bond donors (Lipinski definition) is 1.